The summed E-state index contributed by atoms with van der Waals surface area (Å²) < 4.78 is 25.9. The van der Waals surface area contributed by atoms with Crippen LogP contribution in [0.15, 0.2) is 46.2 Å². The van der Waals surface area contributed by atoms with Gasteiger partial charge in [-0.05, 0) is 42.8 Å². The van der Waals surface area contributed by atoms with E-state index in [9.17, 15) is 8.78 Å². The normalized spacial score (nSPS) is 12.5. The van der Waals surface area contributed by atoms with Gasteiger partial charge in [-0.15, -0.1) is 0 Å². The summed E-state index contributed by atoms with van der Waals surface area (Å²) in [4.78, 5) is 1.46. The minimum Gasteiger partial charge on any atom is -0.324 e. The van der Waals surface area contributed by atoms with Crippen LogP contribution in [0, 0.1) is 11.6 Å². The fourth-order valence-corrected chi connectivity index (χ4v) is 2.92. The molecule has 1 atom stereocenters. The molecule has 0 amide bonds. The lowest BCUT2D eigenvalue weighted by Crippen LogP contribution is -2.05. The molecule has 2 aromatic carbocycles. The van der Waals surface area contributed by atoms with Crippen molar-refractivity contribution in [3.63, 3.8) is 0 Å². The van der Waals surface area contributed by atoms with Crippen LogP contribution >= 0.6 is 23.4 Å². The van der Waals surface area contributed by atoms with E-state index in [0.29, 0.717) is 9.92 Å². The van der Waals surface area contributed by atoms with Crippen molar-refractivity contribution >= 4 is 23.4 Å². The average molecular weight is 300 g/mol. The first-order valence-electron chi connectivity index (χ1n) is 5.65. The number of rotatable bonds is 3. The number of benzene rings is 2. The zero-order valence-corrected chi connectivity index (χ0v) is 11.7. The van der Waals surface area contributed by atoms with Crippen LogP contribution in [-0.2, 0) is 0 Å². The van der Waals surface area contributed by atoms with Crippen LogP contribution < -0.4 is 5.73 Å². The lowest BCUT2D eigenvalue weighted by molar-refractivity contribution is 0.506. The van der Waals surface area contributed by atoms with Gasteiger partial charge in [-0.2, -0.15) is 0 Å². The first-order chi connectivity index (χ1) is 8.97. The van der Waals surface area contributed by atoms with Gasteiger partial charge in [0, 0.05) is 20.9 Å². The molecule has 100 valence electrons. The van der Waals surface area contributed by atoms with Crippen molar-refractivity contribution in [3.8, 4) is 0 Å². The van der Waals surface area contributed by atoms with E-state index in [-0.39, 0.29) is 6.04 Å². The van der Waals surface area contributed by atoms with Crippen LogP contribution in [0.25, 0.3) is 0 Å². The maximum Gasteiger partial charge on any atom is 0.159 e. The molecule has 2 N–H and O–H groups in total. The largest absolute Gasteiger partial charge is 0.324 e. The van der Waals surface area contributed by atoms with E-state index in [2.05, 4.69) is 0 Å². The van der Waals surface area contributed by atoms with Gasteiger partial charge in [-0.1, -0.05) is 29.4 Å². The van der Waals surface area contributed by atoms with Crippen LogP contribution in [0.3, 0.4) is 0 Å². The first kappa shape index (κ1) is 14.3. The maximum absolute atomic E-state index is 13.1. The number of hydrogen-bond donors (Lipinski definition) is 1. The molecule has 0 fully saturated rings. The van der Waals surface area contributed by atoms with Crippen LogP contribution in [0.2, 0.25) is 5.02 Å². The Labute approximate surface area is 119 Å². The zero-order chi connectivity index (χ0) is 14.0. The molecule has 2 aromatic rings. The van der Waals surface area contributed by atoms with Crippen LogP contribution in [0.4, 0.5) is 8.78 Å². The van der Waals surface area contributed by atoms with Gasteiger partial charge in [0.25, 0.3) is 0 Å². The SMILES string of the molecule is CC(N)c1ccc(Sc2ccc(F)c(F)c2)cc1Cl. The van der Waals surface area contributed by atoms with E-state index in [4.69, 9.17) is 17.3 Å². The lowest BCUT2D eigenvalue weighted by atomic mass is 10.1. The van der Waals surface area contributed by atoms with Crippen LogP contribution in [-0.4, -0.2) is 0 Å². The summed E-state index contributed by atoms with van der Waals surface area (Å²) in [6.45, 7) is 1.85. The molecule has 2 rings (SSSR count). The van der Waals surface area contributed by atoms with Crippen molar-refractivity contribution in [2.75, 3.05) is 0 Å². The predicted octanol–water partition coefficient (Wildman–Crippen LogP) is 4.79. The van der Waals surface area contributed by atoms with Crippen molar-refractivity contribution in [1.29, 1.82) is 0 Å². The molecule has 0 aliphatic heterocycles. The van der Waals surface area contributed by atoms with Gasteiger partial charge >= 0.3 is 0 Å². The average Bonchev–Trinajstić information content (AvgIpc) is 2.33. The second kappa shape index (κ2) is 5.90. The van der Waals surface area contributed by atoms with Crippen molar-refractivity contribution < 1.29 is 8.78 Å². The fraction of sp³-hybridized carbons (Fsp3) is 0.143. The summed E-state index contributed by atoms with van der Waals surface area (Å²) >= 11 is 7.43. The van der Waals surface area contributed by atoms with Crippen LogP contribution in [0.1, 0.15) is 18.5 Å². The van der Waals surface area contributed by atoms with Crippen LogP contribution in [0.5, 0.6) is 0 Å². The third kappa shape index (κ3) is 3.47. The number of halogens is 3. The molecule has 5 heteroatoms. The molecule has 0 aliphatic carbocycles. The fourth-order valence-electron chi connectivity index (χ4n) is 1.62. The Bertz CT molecular complexity index is 602. The number of nitrogens with two attached hydrogens (primary N) is 1. The summed E-state index contributed by atoms with van der Waals surface area (Å²) in [7, 11) is 0. The highest BCUT2D eigenvalue weighted by Gasteiger charge is 2.08. The summed E-state index contributed by atoms with van der Waals surface area (Å²) in [5.74, 6) is -1.71. The van der Waals surface area contributed by atoms with Crippen molar-refractivity contribution in [2.24, 2.45) is 5.73 Å². The van der Waals surface area contributed by atoms with E-state index in [1.807, 2.05) is 19.1 Å². The Balaban J connectivity index is 2.24. The zero-order valence-electron chi connectivity index (χ0n) is 10.2. The quantitative estimate of drug-likeness (QED) is 0.882. The Morgan fingerprint density at radius 3 is 2.26 bits per heavy atom. The summed E-state index contributed by atoms with van der Waals surface area (Å²) in [6.07, 6.45) is 0. The molecule has 0 heterocycles. The highest BCUT2D eigenvalue weighted by molar-refractivity contribution is 7.99. The maximum atomic E-state index is 13.1. The molecule has 1 unspecified atom stereocenters. The van der Waals surface area contributed by atoms with Crippen molar-refractivity contribution in [3.05, 3.63) is 58.6 Å². The molecule has 0 aliphatic rings. The molecule has 0 radical (unpaired) electrons. The highest BCUT2D eigenvalue weighted by Crippen LogP contribution is 2.32. The monoisotopic (exact) mass is 299 g/mol. The Kier molecular flexibility index (Phi) is 4.45. The van der Waals surface area contributed by atoms with E-state index >= 15 is 0 Å². The van der Waals surface area contributed by atoms with Crippen molar-refractivity contribution in [2.45, 2.75) is 22.8 Å². The molecule has 0 saturated heterocycles. The van der Waals surface area contributed by atoms with Gasteiger partial charge < -0.3 is 5.73 Å². The minimum atomic E-state index is -0.858. The number of hydrogen-bond acceptors (Lipinski definition) is 2. The molecular formula is C14H12ClF2NS. The Hall–Kier alpha value is -1.10. The molecule has 0 aromatic heterocycles. The molecule has 0 bridgehead atoms. The second-order valence-electron chi connectivity index (χ2n) is 4.15. The van der Waals surface area contributed by atoms with Gasteiger partial charge in [-0.3, -0.25) is 0 Å². The third-order valence-electron chi connectivity index (χ3n) is 2.59. The summed E-state index contributed by atoms with van der Waals surface area (Å²) in [5.41, 5.74) is 6.63. The minimum absolute atomic E-state index is 0.144. The summed E-state index contributed by atoms with van der Waals surface area (Å²) in [6, 6.07) is 9.12. The third-order valence-corrected chi connectivity index (χ3v) is 3.90. The molecule has 0 spiro atoms. The van der Waals surface area contributed by atoms with Gasteiger partial charge in [0.15, 0.2) is 11.6 Å². The van der Waals surface area contributed by atoms with Gasteiger partial charge in [-0.25, -0.2) is 8.78 Å². The Morgan fingerprint density at radius 1 is 1.05 bits per heavy atom. The second-order valence-corrected chi connectivity index (χ2v) is 5.70. The molecule has 19 heavy (non-hydrogen) atoms. The Morgan fingerprint density at radius 2 is 1.68 bits per heavy atom. The molecular weight excluding hydrogens is 288 g/mol. The van der Waals surface area contributed by atoms with E-state index < -0.39 is 11.6 Å². The van der Waals surface area contributed by atoms with Gasteiger partial charge in [0.2, 0.25) is 0 Å². The predicted molar refractivity (Wildman–Crippen MR) is 74.5 cm³/mol. The van der Waals surface area contributed by atoms with Gasteiger partial charge in [0.1, 0.15) is 0 Å². The van der Waals surface area contributed by atoms with Crippen molar-refractivity contribution in [1.82, 2.24) is 0 Å². The van der Waals surface area contributed by atoms with E-state index in [1.54, 1.807) is 6.07 Å². The lowest BCUT2D eigenvalue weighted by Gasteiger charge is -2.10. The summed E-state index contributed by atoms with van der Waals surface area (Å²) in [5, 5.41) is 0.572. The molecule has 0 saturated carbocycles. The standard InChI is InChI=1S/C14H12ClF2NS/c1-8(18)11-4-2-9(6-12(11)15)19-10-3-5-13(16)14(17)7-10/h2-8H,18H2,1H3. The van der Waals surface area contributed by atoms with E-state index in [0.717, 1.165) is 22.6 Å². The highest BCUT2D eigenvalue weighted by atomic mass is 35.5. The first-order valence-corrected chi connectivity index (χ1v) is 6.85. The van der Waals surface area contributed by atoms with Gasteiger partial charge in [0.05, 0.1) is 0 Å². The smallest absolute Gasteiger partial charge is 0.159 e. The molecule has 1 nitrogen and oxygen atoms in total. The topological polar surface area (TPSA) is 26.0 Å². The van der Waals surface area contributed by atoms with E-state index in [1.165, 1.54) is 17.8 Å².